The van der Waals surface area contributed by atoms with E-state index in [4.69, 9.17) is 13.7 Å². The molecule has 0 aromatic carbocycles. The highest BCUT2D eigenvalue weighted by atomic mass is 32.3. The highest BCUT2D eigenvalue weighted by Crippen LogP contribution is 2.38. The van der Waals surface area contributed by atoms with Crippen molar-refractivity contribution in [3.05, 3.63) is 11.8 Å². The topological polar surface area (TPSA) is 156 Å². The minimum atomic E-state index is -4.81. The van der Waals surface area contributed by atoms with Gasteiger partial charge in [-0.3, -0.25) is 9.35 Å². The Balaban J connectivity index is 1.49. The standard InChI is InChI=1S/C13H17N5O8S/c19-12(16-3-5-24-6-4-16)11-15-14-10(25-11)9-2-1-8-7-17(9)13(20)18(8)26-27(21,22)23/h8-9H,1-7H2,(H,21,22,23)/t8-,9-/m1/s1. The van der Waals surface area contributed by atoms with Crippen molar-refractivity contribution < 1.29 is 36.0 Å². The molecular formula is C13H17N5O8S. The van der Waals surface area contributed by atoms with Crippen molar-refractivity contribution in [1.29, 1.82) is 0 Å². The van der Waals surface area contributed by atoms with Crippen LogP contribution in [0.2, 0.25) is 0 Å². The van der Waals surface area contributed by atoms with Gasteiger partial charge < -0.3 is 19.0 Å². The molecule has 3 fully saturated rings. The zero-order valence-corrected chi connectivity index (χ0v) is 14.9. The summed E-state index contributed by atoms with van der Waals surface area (Å²) < 4.78 is 45.7. The maximum atomic E-state index is 12.4. The van der Waals surface area contributed by atoms with Gasteiger partial charge in [-0.05, 0) is 12.8 Å². The van der Waals surface area contributed by atoms with Gasteiger partial charge >= 0.3 is 28.2 Å². The van der Waals surface area contributed by atoms with E-state index in [0.29, 0.717) is 44.2 Å². The van der Waals surface area contributed by atoms with Crippen molar-refractivity contribution in [2.24, 2.45) is 0 Å². The third kappa shape index (κ3) is 3.47. The Morgan fingerprint density at radius 3 is 2.67 bits per heavy atom. The fraction of sp³-hybridized carbons (Fsp3) is 0.692. The number of piperidine rings is 1. The first kappa shape index (κ1) is 18.1. The summed E-state index contributed by atoms with van der Waals surface area (Å²) in [6.07, 6.45) is 0.812. The highest BCUT2D eigenvalue weighted by Gasteiger charge is 2.49. The van der Waals surface area contributed by atoms with Gasteiger partial charge in [0.05, 0.1) is 19.3 Å². The average molecular weight is 403 g/mol. The number of aromatic nitrogens is 2. The van der Waals surface area contributed by atoms with Gasteiger partial charge in [-0.2, -0.15) is 13.5 Å². The second-order valence-corrected chi connectivity index (χ2v) is 7.36. The van der Waals surface area contributed by atoms with Gasteiger partial charge in [0.2, 0.25) is 5.89 Å². The van der Waals surface area contributed by atoms with Crippen LogP contribution in [0.15, 0.2) is 4.42 Å². The first-order valence-corrected chi connectivity index (χ1v) is 9.67. The van der Waals surface area contributed by atoms with Gasteiger partial charge in [0.1, 0.15) is 6.04 Å². The first-order chi connectivity index (χ1) is 12.8. The van der Waals surface area contributed by atoms with Crippen molar-refractivity contribution in [2.45, 2.75) is 24.9 Å². The minimum absolute atomic E-state index is 0.0899. The number of hydroxylamine groups is 2. The van der Waals surface area contributed by atoms with Crippen molar-refractivity contribution >= 4 is 22.3 Å². The van der Waals surface area contributed by atoms with E-state index in [1.807, 2.05) is 0 Å². The van der Waals surface area contributed by atoms with Crippen LogP contribution in [0.5, 0.6) is 0 Å². The van der Waals surface area contributed by atoms with Crippen LogP contribution in [-0.4, -0.2) is 88.9 Å². The molecule has 0 aliphatic carbocycles. The zero-order chi connectivity index (χ0) is 19.2. The molecule has 1 aromatic rings. The van der Waals surface area contributed by atoms with E-state index in [2.05, 4.69) is 14.5 Å². The Morgan fingerprint density at radius 1 is 1.22 bits per heavy atom. The molecule has 14 heteroatoms. The van der Waals surface area contributed by atoms with Gasteiger partial charge in [0.15, 0.2) is 0 Å². The van der Waals surface area contributed by atoms with Gasteiger partial charge in [-0.25, -0.2) is 4.79 Å². The Kier molecular flexibility index (Phi) is 4.49. The smallest absolute Gasteiger partial charge is 0.415 e. The molecule has 4 heterocycles. The summed E-state index contributed by atoms with van der Waals surface area (Å²) in [6, 6.07) is -1.87. The summed E-state index contributed by atoms with van der Waals surface area (Å²) >= 11 is 0. The molecule has 1 N–H and O–H groups in total. The minimum Gasteiger partial charge on any atom is -0.415 e. The summed E-state index contributed by atoms with van der Waals surface area (Å²) in [5.41, 5.74) is 0. The van der Waals surface area contributed by atoms with Crippen molar-refractivity contribution in [3.8, 4) is 0 Å². The number of hydrogen-bond acceptors (Lipinski definition) is 9. The lowest BCUT2D eigenvalue weighted by Crippen LogP contribution is -2.40. The number of morpholine rings is 1. The van der Waals surface area contributed by atoms with Crippen LogP contribution in [0.25, 0.3) is 0 Å². The molecule has 13 nitrogen and oxygen atoms in total. The fourth-order valence-electron chi connectivity index (χ4n) is 3.45. The lowest BCUT2D eigenvalue weighted by atomic mass is 10.0. The van der Waals surface area contributed by atoms with Crippen LogP contribution in [0.1, 0.15) is 35.5 Å². The molecule has 4 rings (SSSR count). The van der Waals surface area contributed by atoms with Crippen molar-refractivity contribution in [2.75, 3.05) is 32.8 Å². The molecule has 3 amide bonds. The molecule has 148 valence electrons. The second-order valence-electron chi connectivity index (χ2n) is 6.36. The van der Waals surface area contributed by atoms with E-state index in [1.165, 1.54) is 4.90 Å². The Labute approximate surface area is 153 Å². The molecule has 0 unspecified atom stereocenters. The molecule has 3 saturated heterocycles. The first-order valence-electron chi connectivity index (χ1n) is 8.31. The summed E-state index contributed by atoms with van der Waals surface area (Å²) in [5.74, 6) is -0.492. The summed E-state index contributed by atoms with van der Waals surface area (Å²) in [5, 5.41) is 8.31. The van der Waals surface area contributed by atoms with E-state index in [9.17, 15) is 18.0 Å². The Hall–Kier alpha value is -2.29. The van der Waals surface area contributed by atoms with Gasteiger partial charge in [0, 0.05) is 19.6 Å². The van der Waals surface area contributed by atoms with E-state index in [-0.39, 0.29) is 18.3 Å². The van der Waals surface area contributed by atoms with Crippen LogP contribution >= 0.6 is 0 Å². The van der Waals surface area contributed by atoms with E-state index in [1.54, 1.807) is 4.90 Å². The summed E-state index contributed by atoms with van der Waals surface area (Å²) in [7, 11) is -4.81. The lowest BCUT2D eigenvalue weighted by molar-refractivity contribution is -0.0317. The maximum absolute atomic E-state index is 12.4. The normalized spacial score (nSPS) is 26.0. The Morgan fingerprint density at radius 2 is 1.96 bits per heavy atom. The molecule has 27 heavy (non-hydrogen) atoms. The fourth-order valence-corrected chi connectivity index (χ4v) is 3.83. The molecular weight excluding hydrogens is 386 g/mol. The van der Waals surface area contributed by atoms with Crippen LogP contribution < -0.4 is 0 Å². The van der Waals surface area contributed by atoms with Crippen molar-refractivity contribution in [1.82, 2.24) is 25.1 Å². The second kappa shape index (κ2) is 6.70. The third-order valence-electron chi connectivity index (χ3n) is 4.70. The molecule has 2 atom stereocenters. The third-order valence-corrected chi connectivity index (χ3v) is 5.05. The number of fused-ring (bicyclic) bond motifs is 2. The molecule has 2 bridgehead atoms. The SMILES string of the molecule is O=C(c1nnc([C@H]2CC[C@@H]3CN2C(=O)N3OS(=O)(=O)O)o1)N1CCOCC1. The largest absolute Gasteiger partial charge is 0.418 e. The van der Waals surface area contributed by atoms with Crippen LogP contribution in [0.4, 0.5) is 4.79 Å². The molecule has 3 aliphatic heterocycles. The Bertz CT molecular complexity index is 851. The number of amides is 3. The quantitative estimate of drug-likeness (QED) is 0.633. The number of carbonyl (C=O) groups excluding carboxylic acids is 2. The van der Waals surface area contributed by atoms with Crippen LogP contribution in [-0.2, 0) is 19.4 Å². The monoisotopic (exact) mass is 403 g/mol. The number of carbonyl (C=O) groups is 2. The zero-order valence-electron chi connectivity index (χ0n) is 14.1. The molecule has 3 aliphatic rings. The molecule has 0 radical (unpaired) electrons. The van der Waals surface area contributed by atoms with Crippen LogP contribution in [0, 0.1) is 0 Å². The lowest BCUT2D eigenvalue weighted by Gasteiger charge is -2.27. The number of rotatable bonds is 4. The average Bonchev–Trinajstić information content (AvgIpc) is 3.22. The predicted molar refractivity (Wildman–Crippen MR) is 83.4 cm³/mol. The maximum Gasteiger partial charge on any atom is 0.418 e. The predicted octanol–water partition coefficient (Wildman–Crippen LogP) is -0.782. The molecule has 0 spiro atoms. The number of nitrogens with zero attached hydrogens (tertiary/aromatic N) is 5. The van der Waals surface area contributed by atoms with Crippen LogP contribution in [0.3, 0.4) is 0 Å². The molecule has 1 aromatic heterocycles. The number of urea groups is 1. The molecule has 0 saturated carbocycles. The number of hydrogen-bond donors (Lipinski definition) is 1. The van der Waals surface area contributed by atoms with Gasteiger partial charge in [0.25, 0.3) is 0 Å². The van der Waals surface area contributed by atoms with E-state index in [0.717, 1.165) is 0 Å². The van der Waals surface area contributed by atoms with Gasteiger partial charge in [-0.1, -0.05) is 0 Å². The highest BCUT2D eigenvalue weighted by molar-refractivity contribution is 7.80. The van der Waals surface area contributed by atoms with E-state index >= 15 is 0 Å². The summed E-state index contributed by atoms with van der Waals surface area (Å²) in [6.45, 7) is 1.89. The number of ether oxygens (including phenoxy) is 1. The summed E-state index contributed by atoms with van der Waals surface area (Å²) in [4.78, 5) is 27.7. The van der Waals surface area contributed by atoms with Crippen molar-refractivity contribution in [3.63, 3.8) is 0 Å². The van der Waals surface area contributed by atoms with Gasteiger partial charge in [-0.15, -0.1) is 14.5 Å². The van der Waals surface area contributed by atoms with E-state index < -0.39 is 34.4 Å².